The number of hydrogen-bond acceptors (Lipinski definition) is 5. The molecule has 1 aliphatic heterocycles. The van der Waals surface area contributed by atoms with Crippen LogP contribution in [0.2, 0.25) is 0 Å². The van der Waals surface area contributed by atoms with Crippen LogP contribution in [-0.2, 0) is 4.79 Å². The highest BCUT2D eigenvalue weighted by atomic mass is 16.5. The van der Waals surface area contributed by atoms with Crippen molar-refractivity contribution in [2.45, 2.75) is 18.5 Å². The van der Waals surface area contributed by atoms with Crippen LogP contribution in [0.3, 0.4) is 0 Å². The van der Waals surface area contributed by atoms with Gasteiger partial charge in [0.25, 0.3) is 5.91 Å². The maximum atomic E-state index is 12.2. The Hall–Kier alpha value is -2.70. The van der Waals surface area contributed by atoms with Crippen molar-refractivity contribution in [2.75, 3.05) is 7.11 Å². The molecule has 1 fully saturated rings. The van der Waals surface area contributed by atoms with E-state index >= 15 is 0 Å². The summed E-state index contributed by atoms with van der Waals surface area (Å²) in [4.78, 5) is 12.2. The zero-order valence-electron chi connectivity index (χ0n) is 13.4. The smallest absolute Gasteiger partial charge is 0.258 e. The summed E-state index contributed by atoms with van der Waals surface area (Å²) in [7, 11) is 1.64. The fourth-order valence-electron chi connectivity index (χ4n) is 2.57. The number of methoxy groups -OCH3 is 1. The van der Waals surface area contributed by atoms with Gasteiger partial charge in [-0.1, -0.05) is 42.5 Å². The maximum Gasteiger partial charge on any atom is 0.258 e. The highest BCUT2D eigenvalue weighted by molar-refractivity contribution is 5.85. The normalized spacial score (nSPS) is 20.2. The first-order chi connectivity index (χ1) is 11.8. The van der Waals surface area contributed by atoms with Crippen molar-refractivity contribution in [1.29, 1.82) is 0 Å². The van der Waals surface area contributed by atoms with Crippen molar-refractivity contribution in [3.63, 3.8) is 0 Å². The summed E-state index contributed by atoms with van der Waals surface area (Å²) in [6.07, 6.45) is 2.28. The summed E-state index contributed by atoms with van der Waals surface area (Å²) in [6, 6.07) is 17.2. The van der Waals surface area contributed by atoms with Crippen LogP contribution in [-0.4, -0.2) is 25.3 Å². The molecule has 1 amide bonds. The first kappa shape index (κ1) is 16.2. The van der Waals surface area contributed by atoms with Crippen LogP contribution >= 0.6 is 0 Å². The molecule has 0 aliphatic carbocycles. The molecule has 0 bridgehead atoms. The van der Waals surface area contributed by atoms with Gasteiger partial charge in [-0.05, 0) is 29.7 Å². The van der Waals surface area contributed by atoms with Gasteiger partial charge in [0.15, 0.2) is 0 Å². The summed E-state index contributed by atoms with van der Waals surface area (Å²) in [5.74, 6) is 0.653. The molecule has 2 aromatic carbocycles. The number of hydrazone groups is 1. The van der Waals surface area contributed by atoms with Crippen molar-refractivity contribution >= 4 is 12.1 Å². The van der Waals surface area contributed by atoms with Crippen molar-refractivity contribution in [2.24, 2.45) is 5.10 Å². The number of hydrogen-bond donors (Lipinski definition) is 3. The second-order valence-corrected chi connectivity index (χ2v) is 5.55. The zero-order chi connectivity index (χ0) is 16.8. The Balaban J connectivity index is 1.53. The molecule has 3 rings (SSSR count). The van der Waals surface area contributed by atoms with E-state index in [1.165, 1.54) is 0 Å². The Bertz CT molecular complexity index is 701. The fourth-order valence-corrected chi connectivity index (χ4v) is 2.57. The van der Waals surface area contributed by atoms with Crippen LogP contribution in [0.5, 0.6) is 5.75 Å². The van der Waals surface area contributed by atoms with Gasteiger partial charge in [0, 0.05) is 6.04 Å². The SMILES string of the molecule is COc1ccc(C2CC(C(=O)N/N=C/c3ccccc3)NN2)cc1. The summed E-state index contributed by atoms with van der Waals surface area (Å²) in [5.41, 5.74) is 10.8. The largest absolute Gasteiger partial charge is 0.497 e. The molecule has 2 unspecified atom stereocenters. The molecule has 2 aromatic rings. The predicted molar refractivity (Wildman–Crippen MR) is 92.6 cm³/mol. The van der Waals surface area contributed by atoms with E-state index in [4.69, 9.17) is 4.74 Å². The third-order valence-electron chi connectivity index (χ3n) is 3.93. The lowest BCUT2D eigenvalue weighted by atomic mass is 10.0. The van der Waals surface area contributed by atoms with Gasteiger partial charge in [-0.15, -0.1) is 0 Å². The zero-order valence-corrected chi connectivity index (χ0v) is 13.4. The average Bonchev–Trinajstić information content (AvgIpc) is 3.13. The maximum absolute atomic E-state index is 12.2. The molecule has 124 valence electrons. The van der Waals surface area contributed by atoms with E-state index in [9.17, 15) is 4.79 Å². The number of carbonyl (C=O) groups excluding carboxylic acids is 1. The Labute approximate surface area is 140 Å². The van der Waals surface area contributed by atoms with E-state index in [1.807, 2.05) is 54.6 Å². The van der Waals surface area contributed by atoms with Crippen LogP contribution in [0, 0.1) is 0 Å². The monoisotopic (exact) mass is 324 g/mol. The summed E-state index contributed by atoms with van der Waals surface area (Å²) >= 11 is 0. The van der Waals surface area contributed by atoms with E-state index in [0.29, 0.717) is 6.42 Å². The number of ether oxygens (including phenoxy) is 1. The van der Waals surface area contributed by atoms with Gasteiger partial charge in [0.05, 0.1) is 13.3 Å². The number of rotatable bonds is 5. The highest BCUT2D eigenvalue weighted by Crippen LogP contribution is 2.24. The van der Waals surface area contributed by atoms with Crippen molar-refractivity contribution < 1.29 is 9.53 Å². The number of hydrazine groups is 1. The Morgan fingerprint density at radius 1 is 1.17 bits per heavy atom. The topological polar surface area (TPSA) is 74.8 Å². The van der Waals surface area contributed by atoms with Gasteiger partial charge in [0.2, 0.25) is 0 Å². The van der Waals surface area contributed by atoms with Gasteiger partial charge < -0.3 is 4.74 Å². The predicted octanol–water partition coefficient (Wildman–Crippen LogP) is 1.75. The Kier molecular flexibility index (Phi) is 5.20. The molecule has 0 spiro atoms. The summed E-state index contributed by atoms with van der Waals surface area (Å²) in [6.45, 7) is 0. The van der Waals surface area contributed by atoms with Gasteiger partial charge in [-0.25, -0.2) is 16.3 Å². The lowest BCUT2D eigenvalue weighted by molar-refractivity contribution is -0.122. The van der Waals surface area contributed by atoms with Gasteiger partial charge >= 0.3 is 0 Å². The first-order valence-electron chi connectivity index (χ1n) is 7.79. The van der Waals surface area contributed by atoms with E-state index in [2.05, 4.69) is 21.4 Å². The Morgan fingerprint density at radius 3 is 2.62 bits per heavy atom. The summed E-state index contributed by atoms with van der Waals surface area (Å²) in [5, 5.41) is 4.00. The number of nitrogens with one attached hydrogen (secondary N) is 3. The standard InChI is InChI=1S/C18H20N4O2/c1-24-15-9-7-14(8-10-15)16-11-17(21-20-16)18(23)22-19-12-13-5-3-2-4-6-13/h2-10,12,16-17,20-21H,11H2,1H3,(H,22,23)/b19-12+. The van der Waals surface area contributed by atoms with Gasteiger partial charge in [-0.2, -0.15) is 5.10 Å². The molecule has 6 heteroatoms. The Morgan fingerprint density at radius 2 is 1.92 bits per heavy atom. The molecular weight excluding hydrogens is 304 g/mol. The van der Waals surface area contributed by atoms with Crippen molar-refractivity contribution in [3.05, 3.63) is 65.7 Å². The fraction of sp³-hybridized carbons (Fsp3) is 0.222. The number of carbonyl (C=O) groups is 1. The molecular formula is C18H20N4O2. The van der Waals surface area contributed by atoms with Gasteiger partial charge in [0.1, 0.15) is 11.8 Å². The molecule has 6 nitrogen and oxygen atoms in total. The average molecular weight is 324 g/mol. The number of amides is 1. The van der Waals surface area contributed by atoms with Crippen LogP contribution in [0.4, 0.5) is 0 Å². The number of nitrogens with zero attached hydrogens (tertiary/aromatic N) is 1. The number of benzene rings is 2. The van der Waals surface area contributed by atoms with Crippen LogP contribution in [0.1, 0.15) is 23.6 Å². The van der Waals surface area contributed by atoms with Crippen molar-refractivity contribution in [1.82, 2.24) is 16.3 Å². The van der Waals surface area contributed by atoms with Crippen LogP contribution in [0.15, 0.2) is 59.7 Å². The minimum absolute atomic E-state index is 0.0739. The molecule has 1 saturated heterocycles. The van der Waals surface area contributed by atoms with E-state index in [1.54, 1.807) is 13.3 Å². The van der Waals surface area contributed by atoms with E-state index in [0.717, 1.165) is 16.9 Å². The van der Waals surface area contributed by atoms with E-state index in [-0.39, 0.29) is 18.0 Å². The van der Waals surface area contributed by atoms with E-state index < -0.39 is 0 Å². The molecule has 1 heterocycles. The minimum atomic E-state index is -0.329. The molecule has 3 N–H and O–H groups in total. The lowest BCUT2D eigenvalue weighted by Crippen LogP contribution is -2.41. The quantitative estimate of drug-likeness (QED) is 0.579. The molecule has 2 atom stereocenters. The van der Waals surface area contributed by atoms with Gasteiger partial charge in [-0.3, -0.25) is 4.79 Å². The second-order valence-electron chi connectivity index (χ2n) is 5.55. The summed E-state index contributed by atoms with van der Waals surface area (Å²) < 4.78 is 5.16. The third kappa shape index (κ3) is 3.98. The molecule has 1 aliphatic rings. The molecule has 0 aromatic heterocycles. The minimum Gasteiger partial charge on any atom is -0.497 e. The molecule has 0 saturated carbocycles. The first-order valence-corrected chi connectivity index (χ1v) is 7.79. The van der Waals surface area contributed by atoms with Crippen LogP contribution < -0.4 is 21.0 Å². The lowest BCUT2D eigenvalue weighted by Gasteiger charge is -2.10. The second kappa shape index (κ2) is 7.72. The molecule has 24 heavy (non-hydrogen) atoms. The third-order valence-corrected chi connectivity index (χ3v) is 3.93. The highest BCUT2D eigenvalue weighted by Gasteiger charge is 2.29. The molecule has 0 radical (unpaired) electrons. The van der Waals surface area contributed by atoms with Crippen LogP contribution in [0.25, 0.3) is 0 Å². The van der Waals surface area contributed by atoms with Crippen molar-refractivity contribution in [3.8, 4) is 5.75 Å².